The molecule has 0 fully saturated rings. The number of hydrogen-bond acceptors (Lipinski definition) is 3. The van der Waals surface area contributed by atoms with E-state index >= 15 is 0 Å². The highest BCUT2D eigenvalue weighted by molar-refractivity contribution is 6.04. The predicted molar refractivity (Wildman–Crippen MR) is 86.5 cm³/mol. The largest absolute Gasteiger partial charge is 0.417 e. The SMILES string of the molecule is CCc1nc2ccc(C(F)(F)F)cn2c1C(=O)Nc1ncccc1C. The number of rotatable bonds is 3. The first-order chi connectivity index (χ1) is 11.8. The maximum absolute atomic E-state index is 13.0. The van der Waals surface area contributed by atoms with Gasteiger partial charge in [0.1, 0.15) is 17.2 Å². The minimum absolute atomic E-state index is 0.0775. The number of nitrogens with zero attached hydrogens (tertiary/aromatic N) is 3. The van der Waals surface area contributed by atoms with Crippen molar-refractivity contribution in [3.63, 3.8) is 0 Å². The number of hydrogen-bond donors (Lipinski definition) is 1. The van der Waals surface area contributed by atoms with Gasteiger partial charge in [0.15, 0.2) is 0 Å². The molecule has 0 saturated heterocycles. The fourth-order valence-corrected chi connectivity index (χ4v) is 2.53. The van der Waals surface area contributed by atoms with Crippen LogP contribution in [0.5, 0.6) is 0 Å². The molecule has 0 atom stereocenters. The van der Waals surface area contributed by atoms with E-state index in [9.17, 15) is 18.0 Å². The quantitative estimate of drug-likeness (QED) is 0.782. The Morgan fingerprint density at radius 3 is 2.68 bits per heavy atom. The van der Waals surface area contributed by atoms with Crippen LogP contribution >= 0.6 is 0 Å². The molecule has 3 heterocycles. The maximum atomic E-state index is 13.0. The van der Waals surface area contributed by atoms with E-state index < -0.39 is 17.6 Å². The van der Waals surface area contributed by atoms with Gasteiger partial charge in [-0.3, -0.25) is 9.20 Å². The average molecular weight is 348 g/mol. The minimum atomic E-state index is -4.50. The summed E-state index contributed by atoms with van der Waals surface area (Å²) in [5.41, 5.74) is 0.689. The molecule has 25 heavy (non-hydrogen) atoms. The number of alkyl halides is 3. The molecule has 0 radical (unpaired) electrons. The number of aryl methyl sites for hydroxylation is 2. The third-order valence-electron chi connectivity index (χ3n) is 3.81. The second-order valence-corrected chi connectivity index (χ2v) is 5.53. The summed E-state index contributed by atoms with van der Waals surface area (Å²) in [6.45, 7) is 3.56. The first-order valence-corrected chi connectivity index (χ1v) is 7.62. The molecular weight excluding hydrogens is 333 g/mol. The van der Waals surface area contributed by atoms with Crippen molar-refractivity contribution in [1.82, 2.24) is 14.4 Å². The summed E-state index contributed by atoms with van der Waals surface area (Å²) < 4.78 is 40.2. The highest BCUT2D eigenvalue weighted by Gasteiger charge is 2.32. The molecule has 3 rings (SSSR count). The number of carbonyl (C=O) groups is 1. The summed E-state index contributed by atoms with van der Waals surface area (Å²) in [6.07, 6.45) is -1.68. The molecule has 0 unspecified atom stereocenters. The predicted octanol–water partition coefficient (Wildman–Crippen LogP) is 3.87. The van der Waals surface area contributed by atoms with E-state index in [0.717, 1.165) is 17.8 Å². The number of amides is 1. The number of fused-ring (bicyclic) bond motifs is 1. The summed E-state index contributed by atoms with van der Waals surface area (Å²) >= 11 is 0. The zero-order valence-corrected chi connectivity index (χ0v) is 13.6. The molecule has 0 saturated carbocycles. The third kappa shape index (κ3) is 3.19. The lowest BCUT2D eigenvalue weighted by atomic mass is 10.2. The molecule has 1 N–H and O–H groups in total. The monoisotopic (exact) mass is 348 g/mol. The maximum Gasteiger partial charge on any atom is 0.417 e. The second-order valence-electron chi connectivity index (χ2n) is 5.53. The summed E-state index contributed by atoms with van der Waals surface area (Å²) in [5.74, 6) is -0.193. The zero-order valence-electron chi connectivity index (χ0n) is 13.6. The van der Waals surface area contributed by atoms with Gasteiger partial charge in [-0.05, 0) is 37.1 Å². The molecule has 0 spiro atoms. The normalized spacial score (nSPS) is 11.7. The van der Waals surface area contributed by atoms with E-state index in [4.69, 9.17) is 0 Å². The highest BCUT2D eigenvalue weighted by Crippen LogP contribution is 2.30. The Hall–Kier alpha value is -2.90. The molecule has 5 nitrogen and oxygen atoms in total. The van der Waals surface area contributed by atoms with Gasteiger partial charge in [-0.25, -0.2) is 9.97 Å². The Morgan fingerprint density at radius 1 is 1.28 bits per heavy atom. The van der Waals surface area contributed by atoms with E-state index in [1.54, 1.807) is 26.0 Å². The molecule has 0 aliphatic carbocycles. The van der Waals surface area contributed by atoms with Gasteiger partial charge in [0.05, 0.1) is 11.3 Å². The number of imidazole rings is 1. The Kier molecular flexibility index (Phi) is 4.20. The zero-order chi connectivity index (χ0) is 18.2. The fourth-order valence-electron chi connectivity index (χ4n) is 2.53. The van der Waals surface area contributed by atoms with Gasteiger partial charge in [0.2, 0.25) is 0 Å². The van der Waals surface area contributed by atoms with E-state index in [2.05, 4.69) is 15.3 Å². The molecule has 0 aromatic carbocycles. The average Bonchev–Trinajstić information content (AvgIpc) is 2.94. The number of aromatic nitrogens is 3. The number of anilines is 1. The van der Waals surface area contributed by atoms with Crippen LogP contribution in [-0.4, -0.2) is 20.3 Å². The molecule has 1 amide bonds. The van der Waals surface area contributed by atoms with Crippen LogP contribution in [0.25, 0.3) is 5.65 Å². The molecule has 3 aromatic heterocycles. The van der Waals surface area contributed by atoms with Gasteiger partial charge < -0.3 is 5.32 Å². The van der Waals surface area contributed by atoms with Crippen LogP contribution < -0.4 is 5.32 Å². The first-order valence-electron chi connectivity index (χ1n) is 7.62. The fraction of sp³-hybridized carbons (Fsp3) is 0.235. The lowest BCUT2D eigenvalue weighted by Gasteiger charge is -2.10. The van der Waals surface area contributed by atoms with E-state index in [0.29, 0.717) is 17.9 Å². The van der Waals surface area contributed by atoms with E-state index in [1.165, 1.54) is 16.7 Å². The van der Waals surface area contributed by atoms with Crippen LogP contribution in [0.3, 0.4) is 0 Å². The van der Waals surface area contributed by atoms with Crippen molar-refractivity contribution in [1.29, 1.82) is 0 Å². The van der Waals surface area contributed by atoms with Gasteiger partial charge in [0.25, 0.3) is 5.91 Å². The lowest BCUT2D eigenvalue weighted by Crippen LogP contribution is -2.18. The molecular formula is C17H15F3N4O. The van der Waals surface area contributed by atoms with Gasteiger partial charge in [-0.2, -0.15) is 13.2 Å². The van der Waals surface area contributed by atoms with Gasteiger partial charge in [0, 0.05) is 12.4 Å². The summed E-state index contributed by atoms with van der Waals surface area (Å²) in [6, 6.07) is 5.71. The van der Waals surface area contributed by atoms with Crippen molar-refractivity contribution in [3.05, 3.63) is 59.2 Å². The molecule has 0 aliphatic heterocycles. The first kappa shape index (κ1) is 16.9. The second kappa shape index (κ2) is 6.19. The Bertz CT molecular complexity index is 947. The molecule has 3 aromatic rings. The van der Waals surface area contributed by atoms with Crippen molar-refractivity contribution in [2.24, 2.45) is 0 Å². The summed E-state index contributed by atoms with van der Waals surface area (Å²) in [7, 11) is 0. The number of carbonyl (C=O) groups excluding carboxylic acids is 1. The van der Waals surface area contributed by atoms with Gasteiger partial charge >= 0.3 is 6.18 Å². The van der Waals surface area contributed by atoms with Crippen LogP contribution in [-0.2, 0) is 12.6 Å². The van der Waals surface area contributed by atoms with Gasteiger partial charge in [-0.15, -0.1) is 0 Å². The standard InChI is InChI=1S/C17H15F3N4O/c1-3-12-14(16(25)23-15-10(2)5-4-8-21-15)24-9-11(17(18,19)20)6-7-13(24)22-12/h4-9H,3H2,1-2H3,(H,21,23,25). The minimum Gasteiger partial charge on any atom is -0.305 e. The van der Waals surface area contributed by atoms with Crippen molar-refractivity contribution in [3.8, 4) is 0 Å². The smallest absolute Gasteiger partial charge is 0.305 e. The van der Waals surface area contributed by atoms with Crippen LogP contribution in [0.2, 0.25) is 0 Å². The summed E-state index contributed by atoms with van der Waals surface area (Å²) in [5, 5.41) is 2.65. The highest BCUT2D eigenvalue weighted by atomic mass is 19.4. The molecule has 0 bridgehead atoms. The molecule has 130 valence electrons. The van der Waals surface area contributed by atoms with Crippen LogP contribution in [0, 0.1) is 6.92 Å². The van der Waals surface area contributed by atoms with Crippen molar-refractivity contribution in [2.75, 3.05) is 5.32 Å². The Balaban J connectivity index is 2.10. The number of pyridine rings is 2. The van der Waals surface area contributed by atoms with Crippen LogP contribution in [0.1, 0.15) is 34.2 Å². The molecule has 8 heteroatoms. The van der Waals surface area contributed by atoms with Crippen molar-refractivity contribution >= 4 is 17.4 Å². The topological polar surface area (TPSA) is 59.3 Å². The Labute approximate surface area is 141 Å². The third-order valence-corrected chi connectivity index (χ3v) is 3.81. The van der Waals surface area contributed by atoms with Crippen LogP contribution in [0.15, 0.2) is 36.7 Å². The lowest BCUT2D eigenvalue weighted by molar-refractivity contribution is -0.137. The summed E-state index contributed by atoms with van der Waals surface area (Å²) in [4.78, 5) is 21.0. The number of halogens is 3. The van der Waals surface area contributed by atoms with Crippen molar-refractivity contribution < 1.29 is 18.0 Å². The van der Waals surface area contributed by atoms with E-state index in [-0.39, 0.29) is 11.3 Å². The van der Waals surface area contributed by atoms with Crippen molar-refractivity contribution in [2.45, 2.75) is 26.4 Å². The molecule has 0 aliphatic rings. The Morgan fingerprint density at radius 2 is 2.04 bits per heavy atom. The number of nitrogens with one attached hydrogen (secondary N) is 1. The van der Waals surface area contributed by atoms with Gasteiger partial charge in [-0.1, -0.05) is 13.0 Å². The van der Waals surface area contributed by atoms with Crippen LogP contribution in [0.4, 0.5) is 19.0 Å². The van der Waals surface area contributed by atoms with E-state index in [1.807, 2.05) is 0 Å².